The zero-order valence-corrected chi connectivity index (χ0v) is 20.8. The Hall–Kier alpha value is 0.430. The van der Waals surface area contributed by atoms with Crippen LogP contribution in [0.4, 0.5) is 0 Å². The Morgan fingerprint density at radius 1 is 0.290 bits per heavy atom. The fourth-order valence-corrected chi connectivity index (χ4v) is 21.5. The molecular formula is C30H45P. The minimum atomic E-state index is 0.217. The number of hydrogen-bond donors (Lipinski definition) is 0. The molecule has 12 bridgehead atoms. The van der Waals surface area contributed by atoms with Gasteiger partial charge in [0, 0.05) is 0 Å². The lowest BCUT2D eigenvalue weighted by molar-refractivity contribution is 0.00176. The minimum absolute atomic E-state index is 0.217. The molecule has 0 atom stereocenters. The van der Waals surface area contributed by atoms with Gasteiger partial charge in [0.25, 0.3) is 0 Å². The van der Waals surface area contributed by atoms with Crippen molar-refractivity contribution in [1.82, 2.24) is 0 Å². The summed E-state index contributed by atoms with van der Waals surface area (Å²) in [6, 6.07) is 0. The van der Waals surface area contributed by atoms with Gasteiger partial charge in [-0.25, -0.2) is 0 Å². The first kappa shape index (κ1) is 18.7. The second kappa shape index (κ2) is 5.97. The summed E-state index contributed by atoms with van der Waals surface area (Å²) in [6.45, 7) is 0. The molecule has 0 aliphatic heterocycles. The summed E-state index contributed by atoms with van der Waals surface area (Å²) in [5.74, 6) is 10.5. The first-order chi connectivity index (χ1) is 15.1. The summed E-state index contributed by atoms with van der Waals surface area (Å²) in [6.07, 6.45) is 30.5. The zero-order chi connectivity index (χ0) is 20.0. The molecular weight excluding hydrogens is 391 g/mol. The molecule has 0 heterocycles. The van der Waals surface area contributed by atoms with Gasteiger partial charge >= 0.3 is 0 Å². The molecule has 0 amide bonds. The highest BCUT2D eigenvalue weighted by molar-refractivity contribution is 7.62. The molecule has 0 N–H and O–H groups in total. The van der Waals surface area contributed by atoms with E-state index >= 15 is 0 Å². The van der Waals surface area contributed by atoms with Crippen LogP contribution < -0.4 is 0 Å². The SMILES string of the molecule is C1C2CC3CC1CC(P(C14CC5CC(CC(C5)C1)C4)C14CC5CC(CC(C5)C1)C4)(C2)C3. The molecule has 0 unspecified atom stereocenters. The Labute approximate surface area is 192 Å². The minimum Gasteiger partial charge on any atom is -0.0875 e. The third-order valence-corrected chi connectivity index (χ3v) is 17.9. The highest BCUT2D eigenvalue weighted by Gasteiger charge is 2.69. The standard InChI is InChI=1S/C30H45P/c1-19-2-21-3-20(1)11-28(10-19,12-21)31(29-13-22-4-23(14-29)6-24(5-22)15-29)30-16-25-7-26(17-30)9-27(8-25)18-30/h19-27H,1-18H2. The van der Waals surface area contributed by atoms with E-state index in [1.165, 1.54) is 53.3 Å². The topological polar surface area (TPSA) is 0 Å². The molecule has 0 aromatic carbocycles. The van der Waals surface area contributed by atoms with Crippen molar-refractivity contribution >= 4 is 7.92 Å². The average Bonchev–Trinajstić information content (AvgIpc) is 2.63. The summed E-state index contributed by atoms with van der Waals surface area (Å²) in [4.78, 5) is 0. The van der Waals surface area contributed by atoms with E-state index in [-0.39, 0.29) is 7.92 Å². The molecule has 0 radical (unpaired) electrons. The van der Waals surface area contributed by atoms with Crippen molar-refractivity contribution in [1.29, 1.82) is 0 Å². The normalized spacial score (nSPS) is 65.6. The van der Waals surface area contributed by atoms with E-state index < -0.39 is 0 Å². The third kappa shape index (κ3) is 2.49. The van der Waals surface area contributed by atoms with Crippen LogP contribution in [0.3, 0.4) is 0 Å². The first-order valence-corrected chi connectivity index (χ1v) is 16.2. The zero-order valence-electron chi connectivity index (χ0n) is 19.9. The maximum atomic E-state index is 1.73. The number of hydrogen-bond acceptors (Lipinski definition) is 0. The van der Waals surface area contributed by atoms with Gasteiger partial charge < -0.3 is 0 Å². The van der Waals surface area contributed by atoms with Crippen LogP contribution >= 0.6 is 7.92 Å². The summed E-state index contributed by atoms with van der Waals surface area (Å²) in [5.41, 5.74) is 0. The van der Waals surface area contributed by atoms with Crippen LogP contribution in [-0.4, -0.2) is 15.5 Å². The van der Waals surface area contributed by atoms with Gasteiger partial charge in [-0.1, -0.05) is 7.92 Å². The second-order valence-electron chi connectivity index (χ2n) is 15.8. The summed E-state index contributed by atoms with van der Waals surface area (Å²) in [7, 11) is 0.217. The van der Waals surface area contributed by atoms with Gasteiger partial charge in [0.2, 0.25) is 0 Å². The third-order valence-electron chi connectivity index (χ3n) is 13.4. The van der Waals surface area contributed by atoms with E-state index in [9.17, 15) is 0 Å². The van der Waals surface area contributed by atoms with Gasteiger partial charge in [-0.05, 0) is 184 Å². The monoisotopic (exact) mass is 436 g/mol. The summed E-state index contributed by atoms with van der Waals surface area (Å²) >= 11 is 0. The predicted molar refractivity (Wildman–Crippen MR) is 130 cm³/mol. The quantitative estimate of drug-likeness (QED) is 0.390. The second-order valence-corrected chi connectivity index (χ2v) is 19.3. The van der Waals surface area contributed by atoms with Crippen LogP contribution in [0.5, 0.6) is 0 Å². The Morgan fingerprint density at radius 3 is 0.613 bits per heavy atom. The van der Waals surface area contributed by atoms with Crippen molar-refractivity contribution in [3.63, 3.8) is 0 Å². The molecule has 0 aromatic rings. The van der Waals surface area contributed by atoms with Crippen molar-refractivity contribution < 1.29 is 0 Å². The van der Waals surface area contributed by atoms with Crippen molar-refractivity contribution in [3.8, 4) is 0 Å². The highest BCUT2D eigenvalue weighted by Crippen LogP contribution is 2.86. The Kier molecular flexibility index (Phi) is 3.61. The van der Waals surface area contributed by atoms with Crippen molar-refractivity contribution in [3.05, 3.63) is 0 Å². The average molecular weight is 437 g/mol. The summed E-state index contributed by atoms with van der Waals surface area (Å²) < 4.78 is 0. The fourth-order valence-electron chi connectivity index (χ4n) is 14.5. The van der Waals surface area contributed by atoms with Crippen LogP contribution in [0.2, 0.25) is 0 Å². The van der Waals surface area contributed by atoms with E-state index in [1.54, 1.807) is 116 Å². The lowest BCUT2D eigenvalue weighted by Crippen LogP contribution is -2.62. The van der Waals surface area contributed by atoms with E-state index in [4.69, 9.17) is 0 Å². The number of rotatable bonds is 3. The molecule has 1 heteroatoms. The lowest BCUT2D eigenvalue weighted by atomic mass is 9.54. The van der Waals surface area contributed by atoms with Gasteiger partial charge in [-0.3, -0.25) is 0 Å². The molecule has 31 heavy (non-hydrogen) atoms. The molecule has 12 saturated carbocycles. The van der Waals surface area contributed by atoms with Crippen LogP contribution in [0.15, 0.2) is 0 Å². The van der Waals surface area contributed by atoms with Crippen LogP contribution in [-0.2, 0) is 0 Å². The smallest absolute Gasteiger partial charge is 0.00765 e. The van der Waals surface area contributed by atoms with E-state index in [0.717, 1.165) is 15.5 Å². The van der Waals surface area contributed by atoms with Gasteiger partial charge in [0.05, 0.1) is 0 Å². The van der Waals surface area contributed by atoms with Crippen LogP contribution in [0.1, 0.15) is 116 Å². The molecule has 170 valence electrons. The predicted octanol–water partition coefficient (Wildman–Crippen LogP) is 8.37. The molecule has 12 fully saturated rings. The van der Waals surface area contributed by atoms with Gasteiger partial charge in [-0.2, -0.15) is 0 Å². The molecule has 0 spiro atoms. The summed E-state index contributed by atoms with van der Waals surface area (Å²) in [5, 5.41) is 2.63. The van der Waals surface area contributed by atoms with Crippen LogP contribution in [0, 0.1) is 53.3 Å². The molecule has 12 aliphatic rings. The Bertz CT molecular complexity index is 582. The largest absolute Gasteiger partial charge is 0.0875 e. The molecule has 0 nitrogen and oxygen atoms in total. The Morgan fingerprint density at radius 2 is 0.452 bits per heavy atom. The first-order valence-electron chi connectivity index (χ1n) is 14.9. The van der Waals surface area contributed by atoms with E-state index in [1.807, 2.05) is 0 Å². The fraction of sp³-hybridized carbons (Fsp3) is 1.00. The lowest BCUT2D eigenvalue weighted by Gasteiger charge is -2.74. The van der Waals surface area contributed by atoms with Crippen LogP contribution in [0.25, 0.3) is 0 Å². The maximum absolute atomic E-state index is 1.73. The van der Waals surface area contributed by atoms with Crippen molar-refractivity contribution in [2.75, 3.05) is 0 Å². The molecule has 0 aromatic heterocycles. The Balaban J connectivity index is 1.21. The van der Waals surface area contributed by atoms with Gasteiger partial charge in [0.15, 0.2) is 0 Å². The molecule has 12 rings (SSSR count). The maximum Gasteiger partial charge on any atom is -0.00765 e. The van der Waals surface area contributed by atoms with Crippen molar-refractivity contribution in [2.24, 2.45) is 53.3 Å². The van der Waals surface area contributed by atoms with E-state index in [2.05, 4.69) is 0 Å². The van der Waals surface area contributed by atoms with E-state index in [0.29, 0.717) is 0 Å². The highest BCUT2D eigenvalue weighted by atomic mass is 31.1. The van der Waals surface area contributed by atoms with Gasteiger partial charge in [0.1, 0.15) is 0 Å². The van der Waals surface area contributed by atoms with Gasteiger partial charge in [-0.15, -0.1) is 0 Å². The van der Waals surface area contributed by atoms with Crippen molar-refractivity contribution in [2.45, 2.75) is 131 Å². The molecule has 12 aliphatic carbocycles. The molecule has 0 saturated heterocycles.